The number of carboxylic acid groups (broad SMARTS) is 1. The summed E-state index contributed by atoms with van der Waals surface area (Å²) in [5.41, 5.74) is 0.906. The fraction of sp³-hybridized carbons (Fsp3) is 0.333. The smallest absolute Gasteiger partial charge is 0.326 e. The third kappa shape index (κ3) is 3.08. The zero-order valence-corrected chi connectivity index (χ0v) is 9.38. The first-order valence-electron chi connectivity index (χ1n) is 5.02. The predicted molar refractivity (Wildman–Crippen MR) is 60.0 cm³/mol. The summed E-state index contributed by atoms with van der Waals surface area (Å²) in [5.74, 6) is -1.23. The number of rotatable bonds is 4. The van der Waals surface area contributed by atoms with Crippen LogP contribution in [0, 0.1) is 0 Å². The van der Waals surface area contributed by atoms with Crippen LogP contribution in [0.1, 0.15) is 12.5 Å². The second-order valence-corrected chi connectivity index (χ2v) is 3.67. The van der Waals surface area contributed by atoms with Gasteiger partial charge in [-0.2, -0.15) is 0 Å². The number of likely N-dealkylation sites (N-methyl/N-ethyl adjacent to an activating group) is 1. The molecule has 4 heteroatoms. The molecule has 0 saturated heterocycles. The van der Waals surface area contributed by atoms with Crippen molar-refractivity contribution >= 4 is 11.9 Å². The van der Waals surface area contributed by atoms with E-state index in [4.69, 9.17) is 5.11 Å². The van der Waals surface area contributed by atoms with Gasteiger partial charge in [0.15, 0.2) is 0 Å². The number of hydrogen-bond acceptors (Lipinski definition) is 2. The van der Waals surface area contributed by atoms with E-state index in [1.54, 1.807) is 0 Å². The van der Waals surface area contributed by atoms with Gasteiger partial charge in [0.05, 0.1) is 0 Å². The molecule has 0 aliphatic carbocycles. The number of hydrogen-bond donors (Lipinski definition) is 1. The Hall–Kier alpha value is -1.84. The molecule has 0 radical (unpaired) electrons. The molecule has 86 valence electrons. The Morgan fingerprint density at radius 2 is 1.88 bits per heavy atom. The highest BCUT2D eigenvalue weighted by Crippen LogP contribution is 2.08. The molecule has 1 atom stereocenters. The number of nitrogens with zero attached hydrogens (tertiary/aromatic N) is 1. The van der Waals surface area contributed by atoms with Crippen molar-refractivity contribution in [2.75, 3.05) is 7.05 Å². The van der Waals surface area contributed by atoms with Crippen LogP contribution in [0.2, 0.25) is 0 Å². The normalized spacial score (nSPS) is 11.9. The molecule has 0 saturated carbocycles. The van der Waals surface area contributed by atoms with Gasteiger partial charge < -0.3 is 10.0 Å². The quantitative estimate of drug-likeness (QED) is 0.830. The zero-order valence-electron chi connectivity index (χ0n) is 9.38. The highest BCUT2D eigenvalue weighted by molar-refractivity contribution is 5.82. The number of carbonyl (C=O) groups is 2. The molecule has 1 amide bonds. The van der Waals surface area contributed by atoms with E-state index in [1.165, 1.54) is 18.9 Å². The summed E-state index contributed by atoms with van der Waals surface area (Å²) in [5, 5.41) is 9.06. The van der Waals surface area contributed by atoms with Gasteiger partial charge in [-0.15, -0.1) is 0 Å². The summed E-state index contributed by atoms with van der Waals surface area (Å²) in [6.45, 7) is 1.36. The number of aliphatic carboxylic acids is 1. The van der Waals surface area contributed by atoms with Crippen molar-refractivity contribution in [2.45, 2.75) is 19.4 Å². The van der Waals surface area contributed by atoms with Crippen molar-refractivity contribution in [3.8, 4) is 0 Å². The van der Waals surface area contributed by atoms with Crippen LogP contribution in [0.3, 0.4) is 0 Å². The van der Waals surface area contributed by atoms with Gasteiger partial charge in [0.1, 0.15) is 6.04 Å². The van der Waals surface area contributed by atoms with Crippen LogP contribution in [0.5, 0.6) is 0 Å². The van der Waals surface area contributed by atoms with E-state index in [0.717, 1.165) is 5.56 Å². The highest BCUT2D eigenvalue weighted by atomic mass is 16.4. The minimum Gasteiger partial charge on any atom is -0.480 e. The molecule has 1 rings (SSSR count). The second-order valence-electron chi connectivity index (χ2n) is 3.67. The lowest BCUT2D eigenvalue weighted by molar-refractivity contribution is -0.148. The van der Waals surface area contributed by atoms with Crippen molar-refractivity contribution in [3.63, 3.8) is 0 Å². The number of carboxylic acids is 1. The van der Waals surface area contributed by atoms with Crippen molar-refractivity contribution in [3.05, 3.63) is 35.9 Å². The van der Waals surface area contributed by atoms with Gasteiger partial charge in [0.25, 0.3) is 0 Å². The number of amides is 1. The van der Waals surface area contributed by atoms with Crippen LogP contribution in [-0.2, 0) is 16.0 Å². The van der Waals surface area contributed by atoms with Crippen LogP contribution in [-0.4, -0.2) is 35.0 Å². The average Bonchev–Trinajstić information content (AvgIpc) is 2.26. The predicted octanol–water partition coefficient (Wildman–Crippen LogP) is 1.16. The average molecular weight is 221 g/mol. The summed E-state index contributed by atoms with van der Waals surface area (Å²) in [6.07, 6.45) is 0.326. The first-order chi connectivity index (χ1) is 7.52. The Bertz CT molecular complexity index is 375. The molecule has 1 aromatic carbocycles. The molecule has 4 nitrogen and oxygen atoms in total. The lowest BCUT2D eigenvalue weighted by atomic mass is 10.1. The Balaban J connectivity index is 2.81. The SMILES string of the molecule is CC(=O)N(C)C(Cc1ccccc1)C(=O)O. The van der Waals surface area contributed by atoms with E-state index in [-0.39, 0.29) is 5.91 Å². The zero-order chi connectivity index (χ0) is 12.1. The van der Waals surface area contributed by atoms with E-state index < -0.39 is 12.0 Å². The highest BCUT2D eigenvalue weighted by Gasteiger charge is 2.24. The summed E-state index contributed by atoms with van der Waals surface area (Å²) in [4.78, 5) is 23.4. The van der Waals surface area contributed by atoms with Crippen LogP contribution in [0.25, 0.3) is 0 Å². The fourth-order valence-electron chi connectivity index (χ4n) is 1.45. The number of benzene rings is 1. The second kappa shape index (κ2) is 5.30. The van der Waals surface area contributed by atoms with Gasteiger partial charge >= 0.3 is 5.97 Å². The van der Waals surface area contributed by atoms with Gasteiger partial charge in [-0.25, -0.2) is 4.79 Å². The number of carbonyl (C=O) groups excluding carboxylic acids is 1. The molecular formula is C12H15NO3. The maximum atomic E-state index is 11.1. The molecule has 0 fully saturated rings. The molecule has 1 aromatic rings. The molecule has 16 heavy (non-hydrogen) atoms. The Kier molecular flexibility index (Phi) is 4.05. The largest absolute Gasteiger partial charge is 0.480 e. The molecular weight excluding hydrogens is 206 g/mol. The third-order valence-electron chi connectivity index (χ3n) is 2.52. The van der Waals surface area contributed by atoms with E-state index in [0.29, 0.717) is 6.42 Å². The third-order valence-corrected chi connectivity index (χ3v) is 2.52. The minimum atomic E-state index is -0.985. The monoisotopic (exact) mass is 221 g/mol. The molecule has 0 aliphatic rings. The Morgan fingerprint density at radius 3 is 2.31 bits per heavy atom. The molecule has 0 heterocycles. The summed E-state index contributed by atoms with van der Waals surface area (Å²) in [6, 6.07) is 8.46. The standard InChI is InChI=1S/C12H15NO3/c1-9(14)13(2)11(12(15)16)8-10-6-4-3-5-7-10/h3-7,11H,8H2,1-2H3,(H,15,16). The van der Waals surface area contributed by atoms with Gasteiger partial charge in [0, 0.05) is 20.4 Å². The van der Waals surface area contributed by atoms with Gasteiger partial charge in [0.2, 0.25) is 5.91 Å². The van der Waals surface area contributed by atoms with Gasteiger partial charge in [-0.1, -0.05) is 30.3 Å². The molecule has 0 bridgehead atoms. The van der Waals surface area contributed by atoms with E-state index in [2.05, 4.69) is 0 Å². The lowest BCUT2D eigenvalue weighted by Crippen LogP contribution is -2.42. The van der Waals surface area contributed by atoms with Crippen molar-refractivity contribution in [2.24, 2.45) is 0 Å². The molecule has 1 unspecified atom stereocenters. The minimum absolute atomic E-state index is 0.247. The Morgan fingerprint density at radius 1 is 1.31 bits per heavy atom. The van der Waals surface area contributed by atoms with Crippen LogP contribution >= 0.6 is 0 Å². The first-order valence-corrected chi connectivity index (χ1v) is 5.02. The fourth-order valence-corrected chi connectivity index (χ4v) is 1.45. The molecule has 1 N–H and O–H groups in total. The van der Waals surface area contributed by atoms with Gasteiger partial charge in [-0.3, -0.25) is 4.79 Å². The van der Waals surface area contributed by atoms with Crippen LogP contribution < -0.4 is 0 Å². The van der Waals surface area contributed by atoms with E-state index in [9.17, 15) is 9.59 Å². The van der Waals surface area contributed by atoms with Crippen molar-refractivity contribution in [1.29, 1.82) is 0 Å². The van der Waals surface area contributed by atoms with E-state index in [1.807, 2.05) is 30.3 Å². The molecule has 0 aliphatic heterocycles. The topological polar surface area (TPSA) is 57.6 Å². The van der Waals surface area contributed by atoms with E-state index >= 15 is 0 Å². The maximum Gasteiger partial charge on any atom is 0.326 e. The van der Waals surface area contributed by atoms with Crippen LogP contribution in [0.4, 0.5) is 0 Å². The lowest BCUT2D eigenvalue weighted by Gasteiger charge is -2.23. The molecule has 0 aromatic heterocycles. The summed E-state index contributed by atoms with van der Waals surface area (Å²) in [7, 11) is 1.50. The van der Waals surface area contributed by atoms with Crippen LogP contribution in [0.15, 0.2) is 30.3 Å². The maximum absolute atomic E-state index is 11.1. The Labute approximate surface area is 94.5 Å². The van der Waals surface area contributed by atoms with Crippen molar-refractivity contribution < 1.29 is 14.7 Å². The summed E-state index contributed by atoms with van der Waals surface area (Å²) < 4.78 is 0. The first kappa shape index (κ1) is 12.2. The van der Waals surface area contributed by atoms with Gasteiger partial charge in [-0.05, 0) is 5.56 Å². The van der Waals surface area contributed by atoms with Crippen molar-refractivity contribution in [1.82, 2.24) is 4.90 Å². The summed E-state index contributed by atoms with van der Waals surface area (Å²) >= 11 is 0. The molecule has 0 spiro atoms.